The Morgan fingerprint density at radius 2 is 1.44 bits per heavy atom. The molecule has 1 aliphatic heterocycles. The van der Waals surface area contributed by atoms with Crippen LogP contribution in [0.5, 0.6) is 5.88 Å². The number of allylic oxidation sites excluding steroid dienone is 4. The molecule has 1 aromatic heterocycles. The molecule has 1 atom stereocenters. The molecule has 4 heteroatoms. The summed E-state index contributed by atoms with van der Waals surface area (Å²) in [6, 6.07) is 28.4. The van der Waals surface area contributed by atoms with Crippen molar-refractivity contribution in [1.82, 2.24) is 4.98 Å². The number of rotatable bonds is 4. The summed E-state index contributed by atoms with van der Waals surface area (Å²) in [5.41, 5.74) is 7.20. The predicted molar refractivity (Wildman–Crippen MR) is 135 cm³/mol. The fourth-order valence-corrected chi connectivity index (χ4v) is 4.77. The second kappa shape index (κ2) is 8.16. The molecule has 6 rings (SSSR count). The highest BCUT2D eigenvalue weighted by Gasteiger charge is 2.34. The van der Waals surface area contributed by atoms with Crippen LogP contribution in [0.3, 0.4) is 0 Å². The van der Waals surface area contributed by atoms with E-state index in [1.54, 1.807) is 0 Å². The molecule has 0 saturated carbocycles. The average molecular weight is 443 g/mol. The van der Waals surface area contributed by atoms with Crippen LogP contribution >= 0.6 is 0 Å². The zero-order chi connectivity index (χ0) is 23.1. The van der Waals surface area contributed by atoms with Crippen molar-refractivity contribution in [2.45, 2.75) is 12.3 Å². The lowest BCUT2D eigenvalue weighted by molar-refractivity contribution is 0.101. The molecular formula is C30H22N2O2. The summed E-state index contributed by atoms with van der Waals surface area (Å²) in [6.45, 7) is 0. The molecule has 0 saturated heterocycles. The Morgan fingerprint density at radius 3 is 2.12 bits per heavy atom. The van der Waals surface area contributed by atoms with Crippen LogP contribution < -0.4 is 0 Å². The first kappa shape index (κ1) is 20.2. The maximum atomic E-state index is 12.9. The van der Waals surface area contributed by atoms with E-state index >= 15 is 0 Å². The first-order valence-corrected chi connectivity index (χ1v) is 11.4. The number of aliphatic imine (C=N–C) groups is 1. The molecule has 2 heterocycles. The zero-order valence-corrected chi connectivity index (χ0v) is 18.4. The zero-order valence-electron chi connectivity index (χ0n) is 18.4. The van der Waals surface area contributed by atoms with Gasteiger partial charge in [0.1, 0.15) is 0 Å². The van der Waals surface area contributed by atoms with Gasteiger partial charge in [-0.2, -0.15) is 0 Å². The summed E-state index contributed by atoms with van der Waals surface area (Å²) in [5, 5.41) is 10.8. The van der Waals surface area contributed by atoms with Crippen molar-refractivity contribution in [3.8, 4) is 28.3 Å². The van der Waals surface area contributed by atoms with Crippen molar-refractivity contribution in [2.24, 2.45) is 4.99 Å². The molecule has 0 radical (unpaired) electrons. The molecule has 0 fully saturated rings. The van der Waals surface area contributed by atoms with E-state index in [4.69, 9.17) is 0 Å². The van der Waals surface area contributed by atoms with E-state index in [9.17, 15) is 9.90 Å². The van der Waals surface area contributed by atoms with E-state index < -0.39 is 0 Å². The van der Waals surface area contributed by atoms with E-state index in [2.05, 4.69) is 46.4 Å². The van der Waals surface area contributed by atoms with Crippen LogP contribution in [0.25, 0.3) is 22.4 Å². The minimum Gasteiger partial charge on any atom is -0.494 e. The predicted octanol–water partition coefficient (Wildman–Crippen LogP) is 6.67. The van der Waals surface area contributed by atoms with Crippen LogP contribution in [0.1, 0.15) is 33.8 Å². The van der Waals surface area contributed by atoms with Gasteiger partial charge in [-0.05, 0) is 34.2 Å². The number of nitrogens with zero attached hydrogens (tertiary/aromatic N) is 1. The third kappa shape index (κ3) is 3.41. The molecule has 4 nitrogen and oxygen atoms in total. The highest BCUT2D eigenvalue weighted by Crippen LogP contribution is 2.39. The summed E-state index contributed by atoms with van der Waals surface area (Å²) >= 11 is 0. The SMILES string of the molecule is O=C1N=C(C2=CCC(c3ccccc3)C=C2)c2c(O)[nH]c(-c3ccc(-c4ccccc4)cc3)c21. The number of H-pyrrole nitrogens is 1. The number of aromatic amines is 1. The fourth-order valence-electron chi connectivity index (χ4n) is 4.77. The van der Waals surface area contributed by atoms with E-state index in [0.29, 0.717) is 28.5 Å². The van der Waals surface area contributed by atoms with Crippen LogP contribution in [0, 0.1) is 0 Å². The lowest BCUT2D eigenvalue weighted by atomic mass is 9.88. The quantitative estimate of drug-likeness (QED) is 0.371. The minimum absolute atomic E-state index is 0.0266. The van der Waals surface area contributed by atoms with Gasteiger partial charge in [0.2, 0.25) is 0 Å². The van der Waals surface area contributed by atoms with Gasteiger partial charge in [0.05, 0.1) is 22.5 Å². The first-order valence-electron chi connectivity index (χ1n) is 11.4. The van der Waals surface area contributed by atoms with Gasteiger partial charge >= 0.3 is 0 Å². The van der Waals surface area contributed by atoms with Crippen molar-refractivity contribution in [2.75, 3.05) is 0 Å². The summed E-state index contributed by atoms with van der Waals surface area (Å²) in [6.07, 6.45) is 7.06. The van der Waals surface area contributed by atoms with Gasteiger partial charge in [-0.25, -0.2) is 4.99 Å². The van der Waals surface area contributed by atoms with Gasteiger partial charge in [0, 0.05) is 5.92 Å². The number of fused-ring (bicyclic) bond motifs is 1. The van der Waals surface area contributed by atoms with Crippen LogP contribution in [-0.4, -0.2) is 21.7 Å². The number of nitrogens with one attached hydrogen (secondary N) is 1. The lowest BCUT2D eigenvalue weighted by Crippen LogP contribution is -2.06. The van der Waals surface area contributed by atoms with E-state index in [1.165, 1.54) is 5.56 Å². The Morgan fingerprint density at radius 1 is 0.794 bits per heavy atom. The Balaban J connectivity index is 1.31. The number of amides is 1. The van der Waals surface area contributed by atoms with Crippen LogP contribution in [0.2, 0.25) is 0 Å². The third-order valence-electron chi connectivity index (χ3n) is 6.53. The van der Waals surface area contributed by atoms with Gasteiger partial charge in [0.25, 0.3) is 5.91 Å². The monoisotopic (exact) mass is 442 g/mol. The van der Waals surface area contributed by atoms with Crippen LogP contribution in [0.15, 0.2) is 114 Å². The second-order valence-corrected chi connectivity index (χ2v) is 8.58. The standard InChI is InChI=1S/C30H22N2O2/c33-29-25-26(28(32-29)24-17-13-22(14-18-24)20-9-5-2-6-10-20)30(34)31-27(25)23-15-11-21(12-16-23)19-7-3-1-4-8-19/h1-13,15-18,22,31,34H,14H2. The van der Waals surface area contributed by atoms with Gasteiger partial charge in [-0.1, -0.05) is 103 Å². The van der Waals surface area contributed by atoms with Gasteiger partial charge in [-0.15, -0.1) is 0 Å². The Hall–Kier alpha value is -4.44. The third-order valence-corrected chi connectivity index (χ3v) is 6.53. The largest absolute Gasteiger partial charge is 0.494 e. The van der Waals surface area contributed by atoms with Gasteiger partial charge < -0.3 is 10.1 Å². The molecule has 0 spiro atoms. The van der Waals surface area contributed by atoms with Crippen molar-refractivity contribution in [3.05, 3.63) is 125 Å². The summed E-state index contributed by atoms with van der Waals surface area (Å²) in [7, 11) is 0. The number of benzene rings is 3. The summed E-state index contributed by atoms with van der Waals surface area (Å²) in [4.78, 5) is 20.3. The number of aromatic nitrogens is 1. The van der Waals surface area contributed by atoms with E-state index in [-0.39, 0.29) is 11.8 Å². The van der Waals surface area contributed by atoms with Gasteiger partial charge in [-0.3, -0.25) is 4.79 Å². The molecule has 1 aliphatic carbocycles. The smallest absolute Gasteiger partial charge is 0.280 e. The first-order chi connectivity index (χ1) is 16.7. The van der Waals surface area contributed by atoms with Crippen molar-refractivity contribution >= 4 is 11.6 Å². The van der Waals surface area contributed by atoms with Gasteiger partial charge in [0.15, 0.2) is 5.88 Å². The normalized spacial score (nSPS) is 16.8. The molecule has 2 aliphatic rings. The fraction of sp³-hybridized carbons (Fsp3) is 0.0667. The average Bonchev–Trinajstić information content (AvgIpc) is 3.43. The highest BCUT2D eigenvalue weighted by molar-refractivity contribution is 6.31. The van der Waals surface area contributed by atoms with Crippen molar-refractivity contribution in [3.63, 3.8) is 0 Å². The molecule has 1 amide bonds. The number of carbonyl (C=O) groups is 1. The number of hydrogen-bond acceptors (Lipinski definition) is 2. The second-order valence-electron chi connectivity index (χ2n) is 8.58. The summed E-state index contributed by atoms with van der Waals surface area (Å²) < 4.78 is 0. The summed E-state index contributed by atoms with van der Waals surface area (Å²) in [5.74, 6) is -0.0648. The minimum atomic E-state index is -0.330. The Labute approximate surface area is 197 Å². The molecule has 3 aromatic carbocycles. The maximum Gasteiger partial charge on any atom is 0.280 e. The maximum absolute atomic E-state index is 12.9. The molecule has 2 N–H and O–H groups in total. The Bertz CT molecular complexity index is 1470. The number of aromatic hydroxyl groups is 1. The van der Waals surface area contributed by atoms with E-state index in [0.717, 1.165) is 28.7 Å². The highest BCUT2D eigenvalue weighted by atomic mass is 16.3. The molecule has 164 valence electrons. The van der Waals surface area contributed by atoms with E-state index in [1.807, 2.05) is 66.7 Å². The number of hydrogen-bond donors (Lipinski definition) is 2. The topological polar surface area (TPSA) is 65.4 Å². The Kier molecular flexibility index (Phi) is 4.84. The van der Waals surface area contributed by atoms with Crippen molar-refractivity contribution in [1.29, 1.82) is 0 Å². The molecule has 34 heavy (non-hydrogen) atoms. The van der Waals surface area contributed by atoms with Crippen molar-refractivity contribution < 1.29 is 9.90 Å². The number of carbonyl (C=O) groups excluding carboxylic acids is 1. The van der Waals surface area contributed by atoms with Crippen LogP contribution in [0.4, 0.5) is 0 Å². The lowest BCUT2D eigenvalue weighted by Gasteiger charge is -2.16. The van der Waals surface area contributed by atoms with Crippen LogP contribution in [-0.2, 0) is 0 Å². The molecule has 1 unspecified atom stereocenters. The molecular weight excluding hydrogens is 420 g/mol. The molecule has 0 bridgehead atoms. The molecule has 4 aromatic rings.